The van der Waals surface area contributed by atoms with Gasteiger partial charge in [0.05, 0.1) is 31.4 Å². The van der Waals surface area contributed by atoms with Crippen molar-refractivity contribution >= 4 is 29.9 Å². The summed E-state index contributed by atoms with van der Waals surface area (Å²) in [7, 11) is 0. The number of likely N-dealkylation sites (tertiary alicyclic amines) is 1. The van der Waals surface area contributed by atoms with Gasteiger partial charge in [-0.05, 0) is 58.8 Å². The molecule has 3 N–H and O–H groups in total. The lowest BCUT2D eigenvalue weighted by Crippen LogP contribution is -2.48. The summed E-state index contributed by atoms with van der Waals surface area (Å²) in [6, 6.07) is 4.29. The number of aryl methyl sites for hydroxylation is 1. The van der Waals surface area contributed by atoms with Crippen LogP contribution in [0, 0.1) is 6.92 Å². The van der Waals surface area contributed by atoms with Crippen molar-refractivity contribution in [2.75, 3.05) is 65.6 Å². The molecular formula is C22H40IN5O3. The number of aliphatic hydroxyl groups is 1. The Bertz CT molecular complexity index is 670. The smallest absolute Gasteiger partial charge is 0.191 e. The van der Waals surface area contributed by atoms with Crippen molar-refractivity contribution in [2.45, 2.75) is 45.3 Å². The third-order valence-corrected chi connectivity index (χ3v) is 5.72. The molecule has 3 heterocycles. The van der Waals surface area contributed by atoms with E-state index in [0.29, 0.717) is 19.6 Å². The summed E-state index contributed by atoms with van der Waals surface area (Å²) in [5, 5.41) is 17.6. The number of β-amino-alcohol motifs (C(OH)–C–C–N with tert-alkyl or cyclic N) is 1. The topological polar surface area (TPSA) is 85.5 Å². The van der Waals surface area contributed by atoms with Crippen molar-refractivity contribution in [2.24, 2.45) is 4.99 Å². The Morgan fingerprint density at radius 1 is 1.19 bits per heavy atom. The molecule has 2 unspecified atom stereocenters. The van der Waals surface area contributed by atoms with Crippen molar-refractivity contribution in [3.63, 3.8) is 0 Å². The number of halogens is 1. The molecule has 0 aromatic carbocycles. The Morgan fingerprint density at radius 2 is 1.90 bits per heavy atom. The fourth-order valence-corrected chi connectivity index (χ4v) is 4.17. The molecule has 1 aromatic heterocycles. The van der Waals surface area contributed by atoms with Crippen LogP contribution in [0.5, 0.6) is 0 Å². The van der Waals surface area contributed by atoms with Crippen LogP contribution in [0.2, 0.25) is 0 Å². The van der Waals surface area contributed by atoms with Crippen LogP contribution in [0.1, 0.15) is 44.3 Å². The highest BCUT2D eigenvalue weighted by Crippen LogP contribution is 2.26. The molecule has 0 aliphatic carbocycles. The van der Waals surface area contributed by atoms with E-state index in [1.54, 1.807) is 0 Å². The highest BCUT2D eigenvalue weighted by atomic mass is 127. The molecule has 178 valence electrons. The third kappa shape index (κ3) is 8.53. The summed E-state index contributed by atoms with van der Waals surface area (Å²) in [5.41, 5.74) is -0.883. The van der Waals surface area contributed by atoms with Crippen molar-refractivity contribution in [3.05, 3.63) is 23.7 Å². The van der Waals surface area contributed by atoms with Crippen molar-refractivity contribution in [3.8, 4) is 0 Å². The first kappa shape index (κ1) is 26.4. The maximum Gasteiger partial charge on any atom is 0.191 e. The molecule has 9 heteroatoms. The highest BCUT2D eigenvalue weighted by Gasteiger charge is 2.27. The minimum Gasteiger partial charge on any atom is -0.465 e. The van der Waals surface area contributed by atoms with Crippen LogP contribution in [0.15, 0.2) is 21.5 Å². The number of hydrogen-bond donors (Lipinski definition) is 3. The van der Waals surface area contributed by atoms with E-state index in [1.165, 1.54) is 12.8 Å². The van der Waals surface area contributed by atoms with Gasteiger partial charge in [-0.15, -0.1) is 24.0 Å². The second kappa shape index (κ2) is 13.0. The maximum absolute atomic E-state index is 10.8. The molecule has 8 nitrogen and oxygen atoms in total. The minimum absolute atomic E-state index is 0. The maximum atomic E-state index is 10.8. The molecule has 0 bridgehead atoms. The van der Waals surface area contributed by atoms with Gasteiger partial charge in [0, 0.05) is 32.7 Å². The fraction of sp³-hybridized carbons (Fsp3) is 0.773. The molecule has 2 fully saturated rings. The molecule has 2 aliphatic heterocycles. The number of rotatable bonds is 9. The zero-order valence-corrected chi connectivity index (χ0v) is 21.6. The van der Waals surface area contributed by atoms with Crippen LogP contribution >= 0.6 is 24.0 Å². The average Bonchev–Trinajstić information content (AvgIpc) is 3.39. The Balaban J connectivity index is 0.00000341. The molecule has 0 spiro atoms. The Kier molecular flexibility index (Phi) is 11.0. The first-order chi connectivity index (χ1) is 14.5. The van der Waals surface area contributed by atoms with Gasteiger partial charge in [-0.2, -0.15) is 0 Å². The zero-order chi connectivity index (χ0) is 21.4. The third-order valence-electron chi connectivity index (χ3n) is 5.72. The Hall–Kier alpha value is -0.880. The van der Waals surface area contributed by atoms with Gasteiger partial charge < -0.3 is 24.9 Å². The summed E-state index contributed by atoms with van der Waals surface area (Å²) in [5.74, 6) is 2.67. The number of nitrogens with one attached hydrogen (secondary N) is 2. The number of morpholine rings is 1. The van der Waals surface area contributed by atoms with Gasteiger partial charge in [0.2, 0.25) is 0 Å². The van der Waals surface area contributed by atoms with Crippen LogP contribution in [0.4, 0.5) is 0 Å². The number of guanidine groups is 1. The molecule has 0 radical (unpaired) electrons. The summed E-state index contributed by atoms with van der Waals surface area (Å²) >= 11 is 0. The van der Waals surface area contributed by atoms with E-state index in [4.69, 9.17) is 9.15 Å². The van der Waals surface area contributed by atoms with E-state index < -0.39 is 5.60 Å². The van der Waals surface area contributed by atoms with Crippen LogP contribution < -0.4 is 10.6 Å². The molecule has 0 saturated carbocycles. The molecule has 1 aromatic rings. The molecule has 3 rings (SSSR count). The van der Waals surface area contributed by atoms with Gasteiger partial charge in [0.25, 0.3) is 0 Å². The van der Waals surface area contributed by atoms with Crippen LogP contribution in [-0.4, -0.2) is 92.0 Å². The summed E-state index contributed by atoms with van der Waals surface area (Å²) in [6.07, 6.45) is 2.46. The fourth-order valence-electron chi connectivity index (χ4n) is 4.17. The molecule has 2 atom stereocenters. The standard InChI is InChI=1S/C22H39N5O3.HI/c1-4-23-21(25-16-22(3,28)17-26-11-13-29-14-12-26)24-15-19(27-9-5-6-10-27)20-8-7-18(2)30-20;/h7-8,19,28H,4-6,9-17H2,1-3H3,(H2,23,24,25);1H. The summed E-state index contributed by atoms with van der Waals surface area (Å²) in [4.78, 5) is 9.40. The SMILES string of the molecule is CCNC(=NCC(C)(O)CN1CCOCC1)NCC(c1ccc(C)o1)N1CCCC1.I. The van der Waals surface area contributed by atoms with Crippen molar-refractivity contribution < 1.29 is 14.3 Å². The Labute approximate surface area is 203 Å². The zero-order valence-electron chi connectivity index (χ0n) is 19.2. The van der Waals surface area contributed by atoms with E-state index in [0.717, 1.165) is 63.4 Å². The minimum atomic E-state index is -0.883. The van der Waals surface area contributed by atoms with E-state index in [2.05, 4.69) is 38.4 Å². The van der Waals surface area contributed by atoms with Crippen LogP contribution in [0.25, 0.3) is 0 Å². The van der Waals surface area contributed by atoms with Gasteiger partial charge >= 0.3 is 0 Å². The average molecular weight is 549 g/mol. The molecule has 0 amide bonds. The largest absolute Gasteiger partial charge is 0.465 e. The first-order valence-electron chi connectivity index (χ1n) is 11.3. The predicted molar refractivity (Wildman–Crippen MR) is 134 cm³/mol. The molecule has 2 aliphatic rings. The summed E-state index contributed by atoms with van der Waals surface area (Å²) in [6.45, 7) is 13.7. The first-order valence-corrected chi connectivity index (χ1v) is 11.3. The normalized spacial score (nSPS) is 21.4. The lowest BCUT2D eigenvalue weighted by atomic mass is 10.1. The molecular weight excluding hydrogens is 509 g/mol. The number of nitrogens with zero attached hydrogens (tertiary/aromatic N) is 3. The molecule has 31 heavy (non-hydrogen) atoms. The number of aliphatic imine (C=N–C) groups is 1. The van der Waals surface area contributed by atoms with E-state index in [1.807, 2.05) is 19.9 Å². The quantitative estimate of drug-likeness (QED) is 0.247. The predicted octanol–water partition coefficient (Wildman–Crippen LogP) is 1.98. The number of furan rings is 1. The van der Waals surface area contributed by atoms with Gasteiger partial charge in [0.1, 0.15) is 11.5 Å². The second-order valence-corrected chi connectivity index (χ2v) is 8.67. The number of hydrogen-bond acceptors (Lipinski definition) is 6. The van der Waals surface area contributed by atoms with Gasteiger partial charge in [-0.3, -0.25) is 14.8 Å². The van der Waals surface area contributed by atoms with Gasteiger partial charge in [-0.25, -0.2) is 0 Å². The summed E-state index contributed by atoms with van der Waals surface area (Å²) < 4.78 is 11.3. The van der Waals surface area contributed by atoms with Crippen LogP contribution in [-0.2, 0) is 4.74 Å². The van der Waals surface area contributed by atoms with E-state index in [-0.39, 0.29) is 30.0 Å². The molecule has 2 saturated heterocycles. The van der Waals surface area contributed by atoms with Gasteiger partial charge in [0.15, 0.2) is 5.96 Å². The Morgan fingerprint density at radius 3 is 2.52 bits per heavy atom. The van der Waals surface area contributed by atoms with Crippen molar-refractivity contribution in [1.82, 2.24) is 20.4 Å². The number of ether oxygens (including phenoxy) is 1. The monoisotopic (exact) mass is 549 g/mol. The lowest BCUT2D eigenvalue weighted by molar-refractivity contribution is -0.0180. The van der Waals surface area contributed by atoms with Crippen molar-refractivity contribution in [1.29, 1.82) is 0 Å². The second-order valence-electron chi connectivity index (χ2n) is 8.67. The van der Waals surface area contributed by atoms with E-state index >= 15 is 0 Å². The highest BCUT2D eigenvalue weighted by molar-refractivity contribution is 14.0. The van der Waals surface area contributed by atoms with Gasteiger partial charge in [-0.1, -0.05) is 0 Å². The lowest BCUT2D eigenvalue weighted by Gasteiger charge is -2.33. The van der Waals surface area contributed by atoms with Crippen LogP contribution in [0.3, 0.4) is 0 Å². The van der Waals surface area contributed by atoms with E-state index in [9.17, 15) is 5.11 Å².